The molecule has 0 spiro atoms. The van der Waals surface area contributed by atoms with Crippen LogP contribution in [0.5, 0.6) is 0 Å². The van der Waals surface area contributed by atoms with Crippen LogP contribution in [-0.4, -0.2) is 18.0 Å². The van der Waals surface area contributed by atoms with Crippen molar-refractivity contribution in [3.8, 4) is 0 Å². The highest BCUT2D eigenvalue weighted by Gasteiger charge is 2.16. The van der Waals surface area contributed by atoms with E-state index in [1.807, 2.05) is 6.07 Å². The lowest BCUT2D eigenvalue weighted by Crippen LogP contribution is -1.91. The molecule has 1 saturated heterocycles. The lowest BCUT2D eigenvalue weighted by atomic mass is 10.2. The average Bonchev–Trinajstić information content (AvgIpc) is 2.74. The van der Waals surface area contributed by atoms with E-state index < -0.39 is 0 Å². The van der Waals surface area contributed by atoms with Crippen LogP contribution in [0, 0.1) is 6.54 Å². The van der Waals surface area contributed by atoms with Crippen LogP contribution >= 0.6 is 0 Å². The Hall–Kier alpha value is -0.820. The van der Waals surface area contributed by atoms with Gasteiger partial charge in [0.05, 0.1) is 6.54 Å². The van der Waals surface area contributed by atoms with E-state index in [9.17, 15) is 0 Å². The van der Waals surface area contributed by atoms with E-state index in [-0.39, 0.29) is 0 Å². The van der Waals surface area contributed by atoms with Crippen molar-refractivity contribution in [1.82, 2.24) is 4.90 Å². The topological polar surface area (TPSA) is 3.01 Å². The summed E-state index contributed by atoms with van der Waals surface area (Å²) in [5, 5.41) is 0. The molecule has 10 heavy (non-hydrogen) atoms. The summed E-state index contributed by atoms with van der Waals surface area (Å²) in [4.78, 5) is 2.29. The largest absolute Gasteiger partial charge is 0.292 e. The molecule has 0 N–H and O–H groups in total. The highest BCUT2D eigenvalue weighted by molar-refractivity contribution is 5.22. The van der Waals surface area contributed by atoms with Gasteiger partial charge in [-0.1, -0.05) is 30.3 Å². The Morgan fingerprint density at radius 1 is 1.10 bits per heavy atom. The fraction of sp³-hybridized carbons (Fsp3) is 0.222. The highest BCUT2D eigenvalue weighted by atomic mass is 15.2. The second-order valence-electron chi connectivity index (χ2n) is 2.58. The first kappa shape index (κ1) is 5.93. The van der Waals surface area contributed by atoms with E-state index in [0.717, 1.165) is 0 Å². The van der Waals surface area contributed by atoms with E-state index in [4.69, 9.17) is 0 Å². The Morgan fingerprint density at radius 3 is 2.40 bits per heavy atom. The van der Waals surface area contributed by atoms with Gasteiger partial charge in [-0.05, 0) is 5.56 Å². The molecule has 1 aliphatic rings. The van der Waals surface area contributed by atoms with Crippen molar-refractivity contribution in [2.24, 2.45) is 0 Å². The molecule has 51 valence electrons. The minimum atomic E-state index is 1.23. The van der Waals surface area contributed by atoms with Crippen LogP contribution in [-0.2, 0) is 0 Å². The molecule has 0 bridgehead atoms. The highest BCUT2D eigenvalue weighted by Crippen LogP contribution is 2.12. The molecule has 1 fully saturated rings. The van der Waals surface area contributed by atoms with E-state index in [1.54, 1.807) is 0 Å². The molecule has 2 rings (SSSR count). The Balaban J connectivity index is 2.03. The van der Waals surface area contributed by atoms with Crippen LogP contribution < -0.4 is 0 Å². The molecule has 1 radical (unpaired) electrons. The fourth-order valence-electron chi connectivity index (χ4n) is 0.937. The first-order valence-electron chi connectivity index (χ1n) is 3.59. The van der Waals surface area contributed by atoms with Gasteiger partial charge in [-0.15, -0.1) is 0 Å². The Morgan fingerprint density at radius 2 is 1.80 bits per heavy atom. The molecule has 1 aliphatic heterocycles. The van der Waals surface area contributed by atoms with E-state index in [1.165, 1.54) is 18.7 Å². The van der Waals surface area contributed by atoms with Gasteiger partial charge >= 0.3 is 0 Å². The average molecular weight is 132 g/mol. The predicted octanol–water partition coefficient (Wildman–Crippen LogP) is 1.51. The van der Waals surface area contributed by atoms with E-state index >= 15 is 0 Å². The van der Waals surface area contributed by atoms with Gasteiger partial charge in [0.25, 0.3) is 0 Å². The van der Waals surface area contributed by atoms with Crippen molar-refractivity contribution in [3.05, 3.63) is 42.4 Å². The first-order valence-corrected chi connectivity index (χ1v) is 3.59. The van der Waals surface area contributed by atoms with Gasteiger partial charge in [-0.25, -0.2) is 0 Å². The predicted molar refractivity (Wildman–Crippen MR) is 41.4 cm³/mol. The van der Waals surface area contributed by atoms with Crippen LogP contribution in [0.2, 0.25) is 0 Å². The third kappa shape index (κ3) is 1.36. The van der Waals surface area contributed by atoms with Crippen molar-refractivity contribution in [2.45, 2.75) is 0 Å². The van der Waals surface area contributed by atoms with E-state index in [2.05, 4.69) is 35.7 Å². The monoisotopic (exact) mass is 132 g/mol. The molecule has 0 atom stereocenters. The normalized spacial score (nSPS) is 17.2. The third-order valence-corrected chi connectivity index (χ3v) is 1.61. The van der Waals surface area contributed by atoms with Crippen LogP contribution in [0.3, 0.4) is 0 Å². The summed E-state index contributed by atoms with van der Waals surface area (Å²) in [5.74, 6) is 0. The Bertz CT molecular complexity index is 201. The SMILES string of the molecule is [CH](c1ccccc1)N1CC1. The van der Waals surface area contributed by atoms with Gasteiger partial charge in [0.1, 0.15) is 0 Å². The zero-order valence-corrected chi connectivity index (χ0v) is 5.83. The Labute approximate surface area is 61.3 Å². The standard InChI is InChI=1S/C9H10N/c1-2-4-9(5-3-1)8-10-6-7-10/h1-5,8H,6-7H2. The molecular weight excluding hydrogens is 122 g/mol. The van der Waals surface area contributed by atoms with Crippen molar-refractivity contribution >= 4 is 0 Å². The number of rotatable bonds is 2. The van der Waals surface area contributed by atoms with E-state index in [0.29, 0.717) is 0 Å². The quantitative estimate of drug-likeness (QED) is 0.551. The zero-order chi connectivity index (χ0) is 6.81. The van der Waals surface area contributed by atoms with Crippen LogP contribution in [0.25, 0.3) is 0 Å². The summed E-state index contributed by atoms with van der Waals surface area (Å²) in [6.07, 6.45) is 0. The van der Waals surface area contributed by atoms with Crippen LogP contribution in [0.1, 0.15) is 5.56 Å². The number of hydrogen-bond acceptors (Lipinski definition) is 1. The number of hydrogen-bond donors (Lipinski definition) is 0. The summed E-state index contributed by atoms with van der Waals surface area (Å²) in [5.41, 5.74) is 1.31. The maximum Gasteiger partial charge on any atom is 0.0546 e. The lowest BCUT2D eigenvalue weighted by molar-refractivity contribution is 0.705. The van der Waals surface area contributed by atoms with Gasteiger partial charge in [0.2, 0.25) is 0 Å². The maximum absolute atomic E-state index is 2.29. The van der Waals surface area contributed by atoms with Gasteiger partial charge < -0.3 is 0 Å². The summed E-state index contributed by atoms with van der Waals surface area (Å²) >= 11 is 0. The van der Waals surface area contributed by atoms with Crippen molar-refractivity contribution in [3.63, 3.8) is 0 Å². The third-order valence-electron chi connectivity index (χ3n) is 1.61. The minimum Gasteiger partial charge on any atom is -0.292 e. The molecule has 0 aliphatic carbocycles. The molecule has 1 heterocycles. The number of benzene rings is 1. The molecule has 1 nitrogen and oxygen atoms in total. The molecule has 1 aromatic rings. The smallest absolute Gasteiger partial charge is 0.0546 e. The van der Waals surface area contributed by atoms with Crippen molar-refractivity contribution < 1.29 is 0 Å². The second kappa shape index (κ2) is 2.43. The molecule has 0 amide bonds. The minimum absolute atomic E-state index is 1.23. The lowest BCUT2D eigenvalue weighted by Gasteiger charge is -1.97. The van der Waals surface area contributed by atoms with Crippen LogP contribution in [0.15, 0.2) is 30.3 Å². The van der Waals surface area contributed by atoms with Gasteiger partial charge in [-0.2, -0.15) is 0 Å². The second-order valence-corrected chi connectivity index (χ2v) is 2.58. The molecule has 1 heteroatoms. The molecule has 0 aromatic heterocycles. The molecule has 1 aromatic carbocycles. The van der Waals surface area contributed by atoms with Crippen molar-refractivity contribution in [1.29, 1.82) is 0 Å². The van der Waals surface area contributed by atoms with Gasteiger partial charge in [0, 0.05) is 13.1 Å². The molecule has 0 unspecified atom stereocenters. The summed E-state index contributed by atoms with van der Waals surface area (Å²) in [7, 11) is 0. The summed E-state index contributed by atoms with van der Waals surface area (Å²) in [6.45, 7) is 4.66. The maximum atomic E-state index is 2.29. The molecular formula is C9H10N. The van der Waals surface area contributed by atoms with Gasteiger partial charge in [0.15, 0.2) is 0 Å². The van der Waals surface area contributed by atoms with Crippen molar-refractivity contribution in [2.75, 3.05) is 13.1 Å². The van der Waals surface area contributed by atoms with Crippen LogP contribution in [0.4, 0.5) is 0 Å². The van der Waals surface area contributed by atoms with Gasteiger partial charge in [-0.3, -0.25) is 4.90 Å². The fourth-order valence-corrected chi connectivity index (χ4v) is 0.937. The zero-order valence-electron chi connectivity index (χ0n) is 5.83. The Kier molecular flexibility index (Phi) is 1.44. The first-order chi connectivity index (χ1) is 4.95. The number of nitrogens with zero attached hydrogens (tertiary/aromatic N) is 1. The molecule has 0 saturated carbocycles. The summed E-state index contributed by atoms with van der Waals surface area (Å²) in [6, 6.07) is 10.4. The summed E-state index contributed by atoms with van der Waals surface area (Å²) < 4.78 is 0.